The molecular weight excluding hydrogens is 317 g/mol. The maximum atomic E-state index is 11.7. The van der Waals surface area contributed by atoms with Gasteiger partial charge in [-0.05, 0) is 6.42 Å². The molecule has 19 heavy (non-hydrogen) atoms. The summed E-state index contributed by atoms with van der Waals surface area (Å²) >= 11 is 11.4. The maximum absolute atomic E-state index is 11.7. The largest absolute Gasteiger partial charge is 0.469 e. The number of carbonyl (C=O) groups is 1. The van der Waals surface area contributed by atoms with E-state index in [1.165, 1.54) is 7.11 Å². The summed E-state index contributed by atoms with van der Waals surface area (Å²) < 4.78 is 30.1. The number of nitrogens with one attached hydrogen (secondary N) is 1. The number of halogens is 2. The highest BCUT2D eigenvalue weighted by molar-refractivity contribution is 7.92. The zero-order valence-electron chi connectivity index (χ0n) is 9.89. The van der Waals surface area contributed by atoms with Gasteiger partial charge in [-0.3, -0.25) is 9.52 Å². The Morgan fingerprint density at radius 1 is 1.37 bits per heavy atom. The fourth-order valence-electron chi connectivity index (χ4n) is 1.14. The molecule has 7 nitrogen and oxygen atoms in total. The number of aromatic nitrogens is 2. The van der Waals surface area contributed by atoms with Crippen LogP contribution in [0.15, 0.2) is 6.33 Å². The van der Waals surface area contributed by atoms with Gasteiger partial charge in [0.05, 0.1) is 12.9 Å². The molecule has 0 atom stereocenters. The zero-order valence-corrected chi connectivity index (χ0v) is 12.2. The molecule has 1 rings (SSSR count). The van der Waals surface area contributed by atoms with Gasteiger partial charge in [0, 0.05) is 6.42 Å². The van der Waals surface area contributed by atoms with E-state index in [0.717, 1.165) is 6.33 Å². The van der Waals surface area contributed by atoms with Crippen molar-refractivity contribution in [1.82, 2.24) is 9.97 Å². The second-order valence-corrected chi connectivity index (χ2v) is 5.99. The summed E-state index contributed by atoms with van der Waals surface area (Å²) in [6.07, 6.45) is 1.23. The SMILES string of the molecule is COC(=O)CCCS(=O)(=O)Nc1c(Cl)ncnc1Cl. The van der Waals surface area contributed by atoms with E-state index in [1.807, 2.05) is 0 Å². The van der Waals surface area contributed by atoms with Crippen LogP contribution in [-0.4, -0.2) is 37.2 Å². The molecule has 0 radical (unpaired) electrons. The number of carbonyl (C=O) groups excluding carboxylic acids is 1. The van der Waals surface area contributed by atoms with Crippen molar-refractivity contribution in [2.24, 2.45) is 0 Å². The molecule has 0 amide bonds. The third-order valence-electron chi connectivity index (χ3n) is 2.03. The minimum absolute atomic E-state index is 0.00413. The normalized spacial score (nSPS) is 11.1. The number of anilines is 1. The Balaban J connectivity index is 2.67. The van der Waals surface area contributed by atoms with Crippen LogP contribution < -0.4 is 4.72 Å². The highest BCUT2D eigenvalue weighted by atomic mass is 35.5. The van der Waals surface area contributed by atoms with E-state index in [9.17, 15) is 13.2 Å². The molecule has 0 aromatic carbocycles. The lowest BCUT2D eigenvalue weighted by Crippen LogP contribution is -2.18. The van der Waals surface area contributed by atoms with Crippen molar-refractivity contribution in [3.05, 3.63) is 16.6 Å². The summed E-state index contributed by atoms with van der Waals surface area (Å²) in [5.41, 5.74) is -0.0797. The van der Waals surface area contributed by atoms with Crippen molar-refractivity contribution in [2.75, 3.05) is 17.6 Å². The average Bonchev–Trinajstić information content (AvgIpc) is 2.33. The van der Waals surface area contributed by atoms with Gasteiger partial charge in [-0.2, -0.15) is 0 Å². The van der Waals surface area contributed by atoms with Crippen molar-refractivity contribution in [3.8, 4) is 0 Å². The van der Waals surface area contributed by atoms with Crippen LogP contribution in [0.25, 0.3) is 0 Å². The molecule has 1 aromatic heterocycles. The van der Waals surface area contributed by atoms with E-state index in [0.29, 0.717) is 0 Å². The maximum Gasteiger partial charge on any atom is 0.305 e. The summed E-state index contributed by atoms with van der Waals surface area (Å²) in [6, 6.07) is 0. The Bertz CT molecular complexity index is 544. The van der Waals surface area contributed by atoms with E-state index in [1.54, 1.807) is 0 Å². The molecule has 0 bridgehead atoms. The molecule has 0 fully saturated rings. The van der Waals surface area contributed by atoms with Gasteiger partial charge < -0.3 is 4.74 Å². The first-order valence-corrected chi connectivity index (χ1v) is 7.50. The molecule has 0 saturated carbocycles. The van der Waals surface area contributed by atoms with Crippen molar-refractivity contribution in [2.45, 2.75) is 12.8 Å². The minimum Gasteiger partial charge on any atom is -0.469 e. The number of esters is 1. The van der Waals surface area contributed by atoms with E-state index < -0.39 is 16.0 Å². The molecule has 1 heterocycles. The standard InChI is InChI=1S/C9H11Cl2N3O4S/c1-18-6(15)3-2-4-19(16,17)14-7-8(10)12-5-13-9(7)11/h5,14H,2-4H2,1H3. The van der Waals surface area contributed by atoms with E-state index in [4.69, 9.17) is 23.2 Å². The summed E-state index contributed by atoms with van der Waals surface area (Å²) in [5.74, 6) is -0.752. The molecule has 0 aliphatic rings. The molecule has 0 spiro atoms. The number of methoxy groups -OCH3 is 1. The summed E-state index contributed by atoms with van der Waals surface area (Å²) in [6.45, 7) is 0. The van der Waals surface area contributed by atoms with Crippen LogP contribution in [0.4, 0.5) is 5.69 Å². The van der Waals surface area contributed by atoms with Crippen LogP contribution in [0.5, 0.6) is 0 Å². The third kappa shape index (κ3) is 5.17. The van der Waals surface area contributed by atoms with Crippen molar-refractivity contribution in [3.63, 3.8) is 0 Å². The lowest BCUT2D eigenvalue weighted by Gasteiger charge is -2.09. The molecule has 106 valence electrons. The quantitative estimate of drug-likeness (QED) is 0.627. The summed E-state index contributed by atoms with van der Waals surface area (Å²) in [7, 11) is -2.46. The first-order valence-electron chi connectivity index (χ1n) is 5.09. The first-order chi connectivity index (χ1) is 8.85. The van der Waals surface area contributed by atoms with Gasteiger partial charge in [-0.1, -0.05) is 23.2 Å². The van der Waals surface area contributed by atoms with Crippen molar-refractivity contribution < 1.29 is 17.9 Å². The number of hydrogen-bond donors (Lipinski definition) is 1. The van der Waals surface area contributed by atoms with Gasteiger partial charge >= 0.3 is 5.97 Å². The first kappa shape index (κ1) is 15.9. The predicted octanol–water partition coefficient (Wildman–Crippen LogP) is 1.48. The minimum atomic E-state index is -3.69. The second kappa shape index (κ2) is 6.88. The Labute approximate surface area is 120 Å². The monoisotopic (exact) mass is 327 g/mol. The second-order valence-electron chi connectivity index (χ2n) is 3.43. The Morgan fingerprint density at radius 2 is 1.95 bits per heavy atom. The van der Waals surface area contributed by atoms with Crippen molar-refractivity contribution >= 4 is 44.9 Å². The van der Waals surface area contributed by atoms with Crippen LogP contribution in [0, 0.1) is 0 Å². The van der Waals surface area contributed by atoms with Crippen molar-refractivity contribution in [1.29, 1.82) is 0 Å². The molecule has 10 heteroatoms. The predicted molar refractivity (Wildman–Crippen MR) is 70.7 cm³/mol. The number of sulfonamides is 1. The van der Waals surface area contributed by atoms with E-state index in [2.05, 4.69) is 19.4 Å². The van der Waals surface area contributed by atoms with Gasteiger partial charge in [-0.25, -0.2) is 18.4 Å². The number of ether oxygens (including phenoxy) is 1. The molecule has 1 N–H and O–H groups in total. The van der Waals surface area contributed by atoms with Gasteiger partial charge in [0.15, 0.2) is 10.3 Å². The molecule has 0 aliphatic carbocycles. The Morgan fingerprint density at radius 3 is 2.47 bits per heavy atom. The fourth-order valence-corrected chi connectivity index (χ4v) is 2.80. The van der Waals surface area contributed by atoms with Gasteiger partial charge in [0.25, 0.3) is 0 Å². The van der Waals surface area contributed by atoms with Crippen LogP contribution >= 0.6 is 23.2 Å². The smallest absolute Gasteiger partial charge is 0.305 e. The summed E-state index contributed by atoms with van der Waals surface area (Å²) in [5, 5.41) is -0.201. The lowest BCUT2D eigenvalue weighted by atomic mass is 10.3. The number of rotatable bonds is 6. The lowest BCUT2D eigenvalue weighted by molar-refractivity contribution is -0.140. The van der Waals surface area contributed by atoms with Crippen LogP contribution in [0.2, 0.25) is 10.3 Å². The average molecular weight is 328 g/mol. The zero-order chi connectivity index (χ0) is 14.5. The molecule has 1 aromatic rings. The van der Waals surface area contributed by atoms with Crippen LogP contribution in [-0.2, 0) is 19.6 Å². The Kier molecular flexibility index (Phi) is 5.77. The topological polar surface area (TPSA) is 98.2 Å². The highest BCUT2D eigenvalue weighted by Crippen LogP contribution is 2.26. The fraction of sp³-hybridized carbons (Fsp3) is 0.444. The number of hydrogen-bond acceptors (Lipinski definition) is 6. The van der Waals surface area contributed by atoms with Crippen LogP contribution in [0.3, 0.4) is 0 Å². The van der Waals surface area contributed by atoms with Gasteiger partial charge in [0.2, 0.25) is 10.0 Å². The van der Waals surface area contributed by atoms with Crippen LogP contribution in [0.1, 0.15) is 12.8 Å². The summed E-state index contributed by atoms with van der Waals surface area (Å²) in [4.78, 5) is 18.1. The number of nitrogens with zero attached hydrogens (tertiary/aromatic N) is 2. The highest BCUT2D eigenvalue weighted by Gasteiger charge is 2.17. The molecule has 0 unspecified atom stereocenters. The van der Waals surface area contributed by atoms with Gasteiger partial charge in [-0.15, -0.1) is 0 Å². The molecular formula is C9H11Cl2N3O4S. The Hall–Kier alpha value is -1.12. The van der Waals surface area contributed by atoms with Gasteiger partial charge in [0.1, 0.15) is 12.0 Å². The third-order valence-corrected chi connectivity index (χ3v) is 3.95. The van der Waals surface area contributed by atoms with E-state index >= 15 is 0 Å². The van der Waals surface area contributed by atoms with E-state index in [-0.39, 0.29) is 34.6 Å². The molecule has 0 saturated heterocycles. The molecule has 0 aliphatic heterocycles.